The number of aliphatic hydroxyl groups is 1. The second-order valence-corrected chi connectivity index (χ2v) is 13.3. The van der Waals surface area contributed by atoms with E-state index in [0.29, 0.717) is 24.4 Å². The van der Waals surface area contributed by atoms with Crippen molar-refractivity contribution in [1.82, 2.24) is 10.2 Å². The molecule has 3 fully saturated rings. The van der Waals surface area contributed by atoms with Crippen molar-refractivity contribution in [3.05, 3.63) is 11.6 Å². The standard InChI is InChI=1S/C30H51N3O3/c1-19(2)31-16-17-33(20(3)4)28(35)36-32-21(5)25-10-11-26-24-9-8-22-18-23(34)12-14-29(22,6)27(24)13-15-30(25,26)7/h18-20,23-27,31,34H,8-17H2,1-7H3/b32-21+/t23-,24-,25+,26-,27-,29-,30+/m0/s1. The van der Waals surface area contributed by atoms with Gasteiger partial charge in [-0.25, -0.2) is 4.79 Å². The third kappa shape index (κ3) is 5.14. The van der Waals surface area contributed by atoms with E-state index in [1.54, 1.807) is 4.90 Å². The Kier molecular flexibility index (Phi) is 8.26. The minimum atomic E-state index is -0.350. The number of hydrogen-bond acceptors (Lipinski definition) is 5. The zero-order valence-electron chi connectivity index (χ0n) is 23.8. The predicted molar refractivity (Wildman–Crippen MR) is 146 cm³/mol. The molecule has 0 bridgehead atoms. The molecule has 0 radical (unpaired) electrons. The maximum absolute atomic E-state index is 12.9. The van der Waals surface area contributed by atoms with E-state index in [1.165, 1.54) is 31.3 Å². The summed E-state index contributed by atoms with van der Waals surface area (Å²) in [5.41, 5.74) is 3.01. The topological polar surface area (TPSA) is 74.2 Å². The molecular weight excluding hydrogens is 450 g/mol. The molecule has 0 aromatic rings. The van der Waals surface area contributed by atoms with Crippen LogP contribution in [0.5, 0.6) is 0 Å². The summed E-state index contributed by atoms with van der Waals surface area (Å²) in [4.78, 5) is 20.2. The summed E-state index contributed by atoms with van der Waals surface area (Å²) in [5.74, 6) is 2.58. The van der Waals surface area contributed by atoms with Gasteiger partial charge in [-0.3, -0.25) is 4.84 Å². The number of fused-ring (bicyclic) bond motifs is 5. The van der Waals surface area contributed by atoms with Gasteiger partial charge in [-0.1, -0.05) is 44.5 Å². The summed E-state index contributed by atoms with van der Waals surface area (Å²) in [7, 11) is 0. The van der Waals surface area contributed by atoms with E-state index < -0.39 is 0 Å². The number of nitrogens with zero attached hydrogens (tertiary/aromatic N) is 2. The highest BCUT2D eigenvalue weighted by Crippen LogP contribution is 2.66. The maximum atomic E-state index is 12.9. The molecule has 0 aliphatic heterocycles. The van der Waals surface area contributed by atoms with Crippen LogP contribution in [-0.4, -0.2) is 53.1 Å². The third-order valence-corrected chi connectivity index (χ3v) is 10.6. The lowest BCUT2D eigenvalue weighted by atomic mass is 9.46. The summed E-state index contributed by atoms with van der Waals surface area (Å²) < 4.78 is 0. The Labute approximate surface area is 219 Å². The van der Waals surface area contributed by atoms with Crippen molar-refractivity contribution in [3.8, 4) is 0 Å². The van der Waals surface area contributed by atoms with Gasteiger partial charge in [0, 0.05) is 31.1 Å². The lowest BCUT2D eigenvalue weighted by Crippen LogP contribution is -2.51. The molecule has 4 aliphatic carbocycles. The van der Waals surface area contributed by atoms with Gasteiger partial charge in [-0.2, -0.15) is 0 Å². The molecule has 1 amide bonds. The molecule has 0 spiro atoms. The van der Waals surface area contributed by atoms with E-state index in [2.05, 4.69) is 51.2 Å². The molecule has 6 heteroatoms. The number of rotatable bonds is 7. The molecule has 0 heterocycles. The molecular formula is C30H51N3O3. The molecule has 0 unspecified atom stereocenters. The van der Waals surface area contributed by atoms with Gasteiger partial charge in [0.1, 0.15) is 0 Å². The van der Waals surface area contributed by atoms with Crippen LogP contribution in [0.15, 0.2) is 16.8 Å². The van der Waals surface area contributed by atoms with Gasteiger partial charge >= 0.3 is 6.09 Å². The van der Waals surface area contributed by atoms with Gasteiger partial charge < -0.3 is 15.3 Å². The van der Waals surface area contributed by atoms with Gasteiger partial charge in [-0.05, 0) is 101 Å². The second-order valence-electron chi connectivity index (χ2n) is 13.3. The first-order valence-electron chi connectivity index (χ1n) is 14.6. The molecule has 0 aromatic heterocycles. The van der Waals surface area contributed by atoms with E-state index >= 15 is 0 Å². The molecule has 4 rings (SSSR count). The van der Waals surface area contributed by atoms with Crippen molar-refractivity contribution in [3.63, 3.8) is 0 Å². The summed E-state index contributed by atoms with van der Waals surface area (Å²) in [6.07, 6.45) is 10.9. The van der Waals surface area contributed by atoms with Crippen LogP contribution in [0.25, 0.3) is 0 Å². The maximum Gasteiger partial charge on any atom is 0.436 e. The highest BCUT2D eigenvalue weighted by atomic mass is 16.7. The lowest BCUT2D eigenvalue weighted by molar-refractivity contribution is -0.0479. The van der Waals surface area contributed by atoms with E-state index in [0.717, 1.165) is 49.8 Å². The molecule has 6 nitrogen and oxygen atoms in total. The van der Waals surface area contributed by atoms with E-state index in [4.69, 9.17) is 4.84 Å². The number of carbonyl (C=O) groups excluding carboxylic acids is 1. The van der Waals surface area contributed by atoms with Gasteiger partial charge in [0.05, 0.1) is 11.8 Å². The van der Waals surface area contributed by atoms with Crippen LogP contribution < -0.4 is 5.32 Å². The fraction of sp³-hybridized carbons (Fsp3) is 0.867. The molecule has 3 saturated carbocycles. The van der Waals surface area contributed by atoms with Crippen LogP contribution in [0.3, 0.4) is 0 Å². The van der Waals surface area contributed by atoms with Crippen LogP contribution >= 0.6 is 0 Å². The summed E-state index contributed by atoms with van der Waals surface area (Å²) >= 11 is 0. The normalized spacial score (nSPS) is 38.3. The Morgan fingerprint density at radius 3 is 2.58 bits per heavy atom. The Morgan fingerprint density at radius 1 is 1.14 bits per heavy atom. The van der Waals surface area contributed by atoms with Crippen LogP contribution in [0, 0.1) is 34.5 Å². The number of nitrogens with one attached hydrogen (secondary N) is 1. The highest BCUT2D eigenvalue weighted by molar-refractivity contribution is 5.85. The van der Waals surface area contributed by atoms with E-state index in [9.17, 15) is 9.90 Å². The number of amides is 1. The molecule has 2 N–H and O–H groups in total. The van der Waals surface area contributed by atoms with Crippen LogP contribution in [0.4, 0.5) is 4.79 Å². The highest BCUT2D eigenvalue weighted by Gasteiger charge is 2.59. The van der Waals surface area contributed by atoms with E-state index in [1.807, 2.05) is 13.8 Å². The average molecular weight is 502 g/mol. The summed E-state index contributed by atoms with van der Waals surface area (Å²) in [6, 6.07) is 0.457. The number of aliphatic hydroxyl groups excluding tert-OH is 1. The van der Waals surface area contributed by atoms with E-state index in [-0.39, 0.29) is 29.1 Å². The van der Waals surface area contributed by atoms with Crippen molar-refractivity contribution in [2.75, 3.05) is 13.1 Å². The van der Waals surface area contributed by atoms with Crippen LogP contribution in [-0.2, 0) is 4.84 Å². The van der Waals surface area contributed by atoms with Gasteiger partial charge in [0.2, 0.25) is 0 Å². The number of oxime groups is 1. The van der Waals surface area contributed by atoms with Crippen LogP contribution in [0.2, 0.25) is 0 Å². The molecule has 4 aliphatic rings. The zero-order chi connectivity index (χ0) is 26.3. The fourth-order valence-electron chi connectivity index (χ4n) is 8.66. The molecule has 0 saturated heterocycles. The Bertz CT molecular complexity index is 868. The van der Waals surface area contributed by atoms with Crippen molar-refractivity contribution in [1.29, 1.82) is 0 Å². The monoisotopic (exact) mass is 501 g/mol. The van der Waals surface area contributed by atoms with Gasteiger partial charge in [0.15, 0.2) is 0 Å². The number of allylic oxidation sites excluding steroid dienone is 1. The second kappa shape index (κ2) is 10.8. The smallest absolute Gasteiger partial charge is 0.389 e. The lowest BCUT2D eigenvalue weighted by Gasteiger charge is -2.58. The summed E-state index contributed by atoms with van der Waals surface area (Å²) in [6.45, 7) is 16.7. The zero-order valence-corrected chi connectivity index (χ0v) is 23.8. The van der Waals surface area contributed by atoms with Crippen molar-refractivity contribution < 1.29 is 14.7 Å². The SMILES string of the molecule is C/C(=N\OC(=O)N(CCNC(C)C)C(C)C)[C@H]1CC[C@H]2[C@@H]3CCC4=C[C@@H](O)CC[C@]4(C)[C@H]3CC[C@]12C. The Morgan fingerprint density at radius 2 is 1.89 bits per heavy atom. The first-order valence-corrected chi connectivity index (χ1v) is 14.6. The van der Waals surface area contributed by atoms with Crippen molar-refractivity contribution in [2.24, 2.45) is 39.7 Å². The molecule has 7 atom stereocenters. The molecule has 0 aromatic carbocycles. The fourth-order valence-corrected chi connectivity index (χ4v) is 8.66. The minimum Gasteiger partial charge on any atom is -0.389 e. The average Bonchev–Trinajstić information content (AvgIpc) is 3.17. The quantitative estimate of drug-likeness (QED) is 0.190. The minimum absolute atomic E-state index is 0.0677. The van der Waals surface area contributed by atoms with Gasteiger partial charge in [0.25, 0.3) is 0 Å². The van der Waals surface area contributed by atoms with Crippen molar-refractivity contribution >= 4 is 11.8 Å². The van der Waals surface area contributed by atoms with Crippen LogP contribution in [0.1, 0.15) is 99.8 Å². The number of hydrogen-bond donors (Lipinski definition) is 2. The number of carbonyl (C=O) groups is 1. The predicted octanol–water partition coefficient (Wildman–Crippen LogP) is 6.15. The largest absolute Gasteiger partial charge is 0.436 e. The Balaban J connectivity index is 1.43. The molecule has 36 heavy (non-hydrogen) atoms. The summed E-state index contributed by atoms with van der Waals surface area (Å²) in [5, 5.41) is 18.1. The first-order chi connectivity index (χ1) is 17.0. The molecule has 204 valence electrons. The third-order valence-electron chi connectivity index (χ3n) is 10.6. The van der Waals surface area contributed by atoms with Gasteiger partial charge in [-0.15, -0.1) is 0 Å². The first kappa shape index (κ1) is 27.6. The van der Waals surface area contributed by atoms with Crippen molar-refractivity contribution in [2.45, 2.75) is 118 Å². The Hall–Kier alpha value is -1.40.